The molecular weight excluding hydrogens is 392 g/mol. The normalized spacial score (nSPS) is 20.5. The first-order valence-corrected chi connectivity index (χ1v) is 11.3. The largest absolute Gasteiger partial charge is 0.324 e. The van der Waals surface area contributed by atoms with Crippen LogP contribution in [0.2, 0.25) is 0 Å². The summed E-state index contributed by atoms with van der Waals surface area (Å²) in [7, 11) is 0. The van der Waals surface area contributed by atoms with Crippen LogP contribution in [0.3, 0.4) is 0 Å². The number of nitrogens with one attached hydrogen (secondary N) is 2. The van der Waals surface area contributed by atoms with Gasteiger partial charge in [-0.1, -0.05) is 6.92 Å². The summed E-state index contributed by atoms with van der Waals surface area (Å²) in [6.07, 6.45) is 2.47. The molecular formula is C20H24N4O2S2. The highest BCUT2D eigenvalue weighted by Gasteiger charge is 2.24. The van der Waals surface area contributed by atoms with E-state index < -0.39 is 0 Å². The van der Waals surface area contributed by atoms with E-state index in [9.17, 15) is 9.59 Å². The van der Waals surface area contributed by atoms with E-state index in [0.717, 1.165) is 36.1 Å². The van der Waals surface area contributed by atoms with Crippen molar-refractivity contribution >= 4 is 45.7 Å². The lowest BCUT2D eigenvalue weighted by Gasteiger charge is -2.29. The van der Waals surface area contributed by atoms with Gasteiger partial charge in [0.15, 0.2) is 5.13 Å². The molecule has 28 heavy (non-hydrogen) atoms. The molecule has 6 nitrogen and oxygen atoms in total. The van der Waals surface area contributed by atoms with Crippen LogP contribution in [0.25, 0.3) is 0 Å². The third-order valence-corrected chi connectivity index (χ3v) is 7.19. The Morgan fingerprint density at radius 2 is 2.11 bits per heavy atom. The van der Waals surface area contributed by atoms with Crippen molar-refractivity contribution in [3.63, 3.8) is 0 Å². The van der Waals surface area contributed by atoms with Crippen LogP contribution < -0.4 is 10.6 Å². The highest BCUT2D eigenvalue weighted by atomic mass is 32.2. The van der Waals surface area contributed by atoms with Gasteiger partial charge in [0, 0.05) is 22.4 Å². The van der Waals surface area contributed by atoms with Gasteiger partial charge in [0.2, 0.25) is 5.91 Å². The minimum atomic E-state index is -0.214. The van der Waals surface area contributed by atoms with Gasteiger partial charge < -0.3 is 5.32 Å². The Hall–Kier alpha value is -1.90. The van der Waals surface area contributed by atoms with E-state index in [1.807, 2.05) is 18.4 Å². The van der Waals surface area contributed by atoms with E-state index in [1.54, 1.807) is 12.1 Å². The molecule has 0 saturated carbocycles. The molecule has 1 unspecified atom stereocenters. The van der Waals surface area contributed by atoms with Gasteiger partial charge >= 0.3 is 0 Å². The van der Waals surface area contributed by atoms with E-state index in [-0.39, 0.29) is 17.1 Å². The summed E-state index contributed by atoms with van der Waals surface area (Å²) in [6.45, 7) is 7.22. The number of piperidine rings is 1. The lowest BCUT2D eigenvalue weighted by molar-refractivity contribution is -0.115. The zero-order chi connectivity index (χ0) is 19.7. The van der Waals surface area contributed by atoms with Crippen LogP contribution in [-0.2, 0) is 11.3 Å². The van der Waals surface area contributed by atoms with E-state index in [2.05, 4.69) is 27.4 Å². The second-order valence-corrected chi connectivity index (χ2v) is 9.76. The standard InChI is InChI=1S/C20H24N4O2S2/c1-12-5-7-24(8-6-12)10-15-11-27-20(21-15)23-19(26)14-3-4-17-16(9-14)22-18(25)13(2)28-17/h3-4,9,11-13H,5-8,10H2,1-2H3,(H,22,25)(H,21,23,26). The number of carbonyl (C=O) groups excluding carboxylic acids is 2. The van der Waals surface area contributed by atoms with Crippen LogP contribution in [0, 0.1) is 5.92 Å². The van der Waals surface area contributed by atoms with Gasteiger partial charge in [-0.3, -0.25) is 19.8 Å². The molecule has 4 rings (SSSR count). The summed E-state index contributed by atoms with van der Waals surface area (Å²) < 4.78 is 0. The van der Waals surface area contributed by atoms with Crippen molar-refractivity contribution in [2.45, 2.75) is 43.4 Å². The van der Waals surface area contributed by atoms with Gasteiger partial charge in [0.1, 0.15) is 0 Å². The third-order valence-electron chi connectivity index (χ3n) is 5.21. The van der Waals surface area contributed by atoms with E-state index >= 15 is 0 Å². The first-order valence-electron chi connectivity index (χ1n) is 9.57. The topological polar surface area (TPSA) is 74.3 Å². The average Bonchev–Trinajstić information content (AvgIpc) is 3.11. The van der Waals surface area contributed by atoms with Gasteiger partial charge in [-0.05, 0) is 57.0 Å². The zero-order valence-electron chi connectivity index (χ0n) is 16.0. The second kappa shape index (κ2) is 8.23. The smallest absolute Gasteiger partial charge is 0.257 e. The lowest BCUT2D eigenvalue weighted by atomic mass is 9.99. The molecule has 8 heteroatoms. The SMILES string of the molecule is CC1CCN(Cc2csc(NC(=O)c3ccc4c(c3)NC(=O)C(C)S4)n2)CC1. The van der Waals surface area contributed by atoms with Crippen molar-refractivity contribution in [1.82, 2.24) is 9.88 Å². The Bertz CT molecular complexity index is 890. The summed E-state index contributed by atoms with van der Waals surface area (Å²) >= 11 is 2.95. The zero-order valence-corrected chi connectivity index (χ0v) is 17.7. The van der Waals surface area contributed by atoms with Gasteiger partial charge in [-0.25, -0.2) is 4.98 Å². The van der Waals surface area contributed by atoms with Crippen LogP contribution in [0.4, 0.5) is 10.8 Å². The predicted molar refractivity (Wildman–Crippen MR) is 114 cm³/mol. The summed E-state index contributed by atoms with van der Waals surface area (Å²) in [5.74, 6) is 0.560. The fraction of sp³-hybridized carbons (Fsp3) is 0.450. The number of fused-ring (bicyclic) bond motifs is 1. The van der Waals surface area contributed by atoms with Gasteiger partial charge in [0.05, 0.1) is 16.6 Å². The Labute approximate surface area is 173 Å². The Morgan fingerprint density at radius 1 is 1.32 bits per heavy atom. The maximum atomic E-state index is 12.6. The predicted octanol–water partition coefficient (Wildman–Crippen LogP) is 4.06. The lowest BCUT2D eigenvalue weighted by Crippen LogP contribution is -2.32. The number of hydrogen-bond acceptors (Lipinski definition) is 6. The number of nitrogens with zero attached hydrogens (tertiary/aromatic N) is 2. The van der Waals surface area contributed by atoms with E-state index in [0.29, 0.717) is 16.4 Å². The molecule has 1 aromatic heterocycles. The van der Waals surface area contributed by atoms with Crippen LogP contribution in [-0.4, -0.2) is 40.0 Å². The molecule has 0 aliphatic carbocycles. The second-order valence-electron chi connectivity index (χ2n) is 7.52. The number of aromatic nitrogens is 1. The maximum absolute atomic E-state index is 12.6. The molecule has 1 atom stereocenters. The molecule has 1 fully saturated rings. The molecule has 2 N–H and O–H groups in total. The molecule has 1 aromatic carbocycles. The van der Waals surface area contributed by atoms with Gasteiger partial charge in [-0.15, -0.1) is 23.1 Å². The first-order chi connectivity index (χ1) is 13.5. The minimum Gasteiger partial charge on any atom is -0.324 e. The number of anilines is 2. The Balaban J connectivity index is 1.38. The number of thioether (sulfide) groups is 1. The summed E-state index contributed by atoms with van der Waals surface area (Å²) in [5, 5.41) is 8.24. The van der Waals surface area contributed by atoms with Crippen molar-refractivity contribution in [3.05, 3.63) is 34.8 Å². The van der Waals surface area contributed by atoms with Crippen molar-refractivity contribution < 1.29 is 9.59 Å². The van der Waals surface area contributed by atoms with Crippen LogP contribution in [0.1, 0.15) is 42.7 Å². The summed E-state index contributed by atoms with van der Waals surface area (Å²) in [5.41, 5.74) is 2.20. The number of benzene rings is 1. The number of carbonyl (C=O) groups is 2. The third kappa shape index (κ3) is 4.39. The summed E-state index contributed by atoms with van der Waals surface area (Å²) in [6, 6.07) is 5.40. The molecule has 1 saturated heterocycles. The fourth-order valence-electron chi connectivity index (χ4n) is 3.41. The van der Waals surface area contributed by atoms with Crippen molar-refractivity contribution in [3.8, 4) is 0 Å². The number of amides is 2. The number of hydrogen-bond donors (Lipinski definition) is 2. The number of thiazole rings is 1. The Kier molecular flexibility index (Phi) is 5.70. The molecule has 2 aliphatic heterocycles. The minimum absolute atomic E-state index is 0.0354. The van der Waals surface area contributed by atoms with Gasteiger partial charge in [0.25, 0.3) is 5.91 Å². The fourth-order valence-corrected chi connectivity index (χ4v) is 5.03. The molecule has 2 aliphatic rings. The van der Waals surface area contributed by atoms with Gasteiger partial charge in [-0.2, -0.15) is 0 Å². The molecule has 0 spiro atoms. The maximum Gasteiger partial charge on any atom is 0.257 e. The van der Waals surface area contributed by atoms with E-state index in [4.69, 9.17) is 0 Å². The molecule has 0 radical (unpaired) electrons. The molecule has 148 valence electrons. The number of likely N-dealkylation sites (tertiary alicyclic amines) is 1. The van der Waals surface area contributed by atoms with Crippen molar-refractivity contribution in [1.29, 1.82) is 0 Å². The quantitative estimate of drug-likeness (QED) is 0.786. The first kappa shape index (κ1) is 19.4. The molecule has 2 aromatic rings. The van der Waals surface area contributed by atoms with Crippen molar-refractivity contribution in [2.24, 2.45) is 5.92 Å². The molecule has 2 amide bonds. The summed E-state index contributed by atoms with van der Waals surface area (Å²) in [4.78, 5) is 32.4. The van der Waals surface area contributed by atoms with E-state index in [1.165, 1.54) is 35.9 Å². The average molecular weight is 417 g/mol. The molecule has 3 heterocycles. The van der Waals surface area contributed by atoms with Crippen molar-refractivity contribution in [2.75, 3.05) is 23.7 Å². The highest BCUT2D eigenvalue weighted by Crippen LogP contribution is 2.36. The van der Waals surface area contributed by atoms with Crippen LogP contribution in [0.15, 0.2) is 28.5 Å². The van der Waals surface area contributed by atoms with Crippen LogP contribution >= 0.6 is 23.1 Å². The molecule has 0 bridgehead atoms. The van der Waals surface area contributed by atoms with Crippen LogP contribution in [0.5, 0.6) is 0 Å². The number of rotatable bonds is 4. The monoisotopic (exact) mass is 416 g/mol. The Morgan fingerprint density at radius 3 is 2.89 bits per heavy atom. The highest BCUT2D eigenvalue weighted by molar-refractivity contribution is 8.00.